The number of aromatic nitrogens is 1. The van der Waals surface area contributed by atoms with Gasteiger partial charge in [0.1, 0.15) is 17.5 Å². The number of carbonyl (C=O) groups excluding carboxylic acids is 1. The average molecular weight is 359 g/mol. The molecule has 1 N–H and O–H groups in total. The molecular weight excluding hydrogens is 339 g/mol. The highest BCUT2D eigenvalue weighted by Gasteiger charge is 2.25. The molecule has 0 aliphatic heterocycles. The molecule has 0 radical (unpaired) electrons. The Hall–Kier alpha value is -1.48. The molecule has 0 aliphatic carbocycles. The Balaban J connectivity index is 2.75. The zero-order valence-electron chi connectivity index (χ0n) is 13.6. The number of amides is 1. The fourth-order valence-electron chi connectivity index (χ4n) is 1.70. The van der Waals surface area contributed by atoms with Crippen molar-refractivity contribution in [2.75, 3.05) is 13.7 Å². The Bertz CT molecular complexity index is 609. The summed E-state index contributed by atoms with van der Waals surface area (Å²) in [6.45, 7) is 5.77. The number of ether oxygens (including phenoxy) is 2. The second-order valence-electron chi connectivity index (χ2n) is 5.31. The Morgan fingerprint density at radius 2 is 2.17 bits per heavy atom. The van der Waals surface area contributed by atoms with Crippen LogP contribution in [0.3, 0.4) is 0 Å². The molecule has 0 spiro atoms. The molecule has 1 atom stereocenters. The fourth-order valence-corrected chi connectivity index (χ4v) is 1.96. The highest BCUT2D eigenvalue weighted by molar-refractivity contribution is 6.41. The third kappa shape index (κ3) is 6.66. The Labute approximate surface area is 146 Å². The van der Waals surface area contributed by atoms with Crippen molar-refractivity contribution in [3.05, 3.63) is 22.4 Å². The summed E-state index contributed by atoms with van der Waals surface area (Å²) in [6.07, 6.45) is 1.22. The largest absolute Gasteiger partial charge is 0.479 e. The normalized spacial score (nSPS) is 12.1. The number of pyridine rings is 1. The third-order valence-corrected chi connectivity index (χ3v) is 3.45. The van der Waals surface area contributed by atoms with Crippen LogP contribution in [0.15, 0.2) is 12.3 Å². The highest BCUT2D eigenvalue weighted by Crippen LogP contribution is 2.24. The first kappa shape index (κ1) is 19.6. The van der Waals surface area contributed by atoms with E-state index in [1.54, 1.807) is 21.0 Å². The molecule has 1 aromatic rings. The van der Waals surface area contributed by atoms with Crippen LogP contribution in [0.4, 0.5) is 0 Å². The molecule has 1 rings (SSSR count). The van der Waals surface area contributed by atoms with E-state index in [0.29, 0.717) is 18.8 Å². The van der Waals surface area contributed by atoms with E-state index in [9.17, 15) is 4.79 Å². The number of methoxy groups -OCH3 is 1. The monoisotopic (exact) mass is 358 g/mol. The van der Waals surface area contributed by atoms with Crippen molar-refractivity contribution in [3.8, 4) is 17.6 Å². The second kappa shape index (κ2) is 8.97. The first-order chi connectivity index (χ1) is 10.8. The lowest BCUT2D eigenvalue weighted by Gasteiger charge is -2.24. The molecule has 0 aliphatic rings. The number of halogens is 2. The predicted octanol–water partition coefficient (Wildman–Crippen LogP) is 3.09. The lowest BCUT2D eigenvalue weighted by atomic mass is 10.1. The van der Waals surface area contributed by atoms with E-state index < -0.39 is 11.6 Å². The first-order valence-electron chi connectivity index (χ1n) is 7.07. The smallest absolute Gasteiger partial charge is 0.262 e. The van der Waals surface area contributed by atoms with Crippen LogP contribution in [0.2, 0.25) is 10.2 Å². The van der Waals surface area contributed by atoms with Gasteiger partial charge in [-0.2, -0.15) is 0 Å². The van der Waals surface area contributed by atoms with Crippen molar-refractivity contribution in [2.24, 2.45) is 0 Å². The quantitative estimate of drug-likeness (QED) is 0.626. The molecule has 126 valence electrons. The van der Waals surface area contributed by atoms with Crippen LogP contribution in [-0.4, -0.2) is 36.3 Å². The van der Waals surface area contributed by atoms with E-state index in [1.165, 1.54) is 12.3 Å². The van der Waals surface area contributed by atoms with E-state index in [1.807, 2.05) is 6.92 Å². The van der Waals surface area contributed by atoms with E-state index in [-0.39, 0.29) is 16.1 Å². The second-order valence-corrected chi connectivity index (χ2v) is 6.07. The van der Waals surface area contributed by atoms with Gasteiger partial charge in [-0.1, -0.05) is 42.0 Å². The van der Waals surface area contributed by atoms with Gasteiger partial charge in [0.05, 0.1) is 16.8 Å². The molecule has 0 saturated heterocycles. The summed E-state index contributed by atoms with van der Waals surface area (Å²) in [7, 11) is 1.56. The summed E-state index contributed by atoms with van der Waals surface area (Å²) in [5.41, 5.74) is -0.692. The van der Waals surface area contributed by atoms with Crippen molar-refractivity contribution >= 4 is 29.1 Å². The molecule has 1 aromatic heterocycles. The van der Waals surface area contributed by atoms with Crippen molar-refractivity contribution < 1.29 is 14.3 Å². The van der Waals surface area contributed by atoms with Gasteiger partial charge in [-0.3, -0.25) is 4.79 Å². The lowest BCUT2D eigenvalue weighted by Crippen LogP contribution is -2.48. The van der Waals surface area contributed by atoms with Gasteiger partial charge in [0.2, 0.25) is 0 Å². The van der Waals surface area contributed by atoms with Crippen molar-refractivity contribution in [1.82, 2.24) is 10.3 Å². The molecule has 7 heteroatoms. The molecule has 0 bridgehead atoms. The highest BCUT2D eigenvalue weighted by atomic mass is 35.5. The average Bonchev–Trinajstić information content (AvgIpc) is 2.47. The van der Waals surface area contributed by atoms with Gasteiger partial charge in [-0.25, -0.2) is 4.98 Å². The summed E-state index contributed by atoms with van der Waals surface area (Å²) >= 11 is 11.7. The van der Waals surface area contributed by atoms with Gasteiger partial charge in [0, 0.05) is 13.2 Å². The van der Waals surface area contributed by atoms with Crippen LogP contribution in [0.5, 0.6) is 5.75 Å². The van der Waals surface area contributed by atoms with Crippen molar-refractivity contribution in [1.29, 1.82) is 0 Å². The molecule has 23 heavy (non-hydrogen) atoms. The first-order valence-corrected chi connectivity index (χ1v) is 7.83. The molecule has 5 nitrogen and oxygen atoms in total. The van der Waals surface area contributed by atoms with E-state index in [2.05, 4.69) is 22.1 Å². The number of hydrogen-bond donors (Lipinski definition) is 1. The Morgan fingerprint density at radius 3 is 2.74 bits per heavy atom. The third-order valence-electron chi connectivity index (χ3n) is 2.77. The van der Waals surface area contributed by atoms with Crippen LogP contribution in [0.25, 0.3) is 0 Å². The van der Waals surface area contributed by atoms with Gasteiger partial charge < -0.3 is 14.8 Å². The summed E-state index contributed by atoms with van der Waals surface area (Å²) < 4.78 is 10.5. The van der Waals surface area contributed by atoms with Gasteiger partial charge in [0.15, 0.2) is 6.10 Å². The summed E-state index contributed by atoms with van der Waals surface area (Å²) in [5, 5.41) is 3.29. The maximum Gasteiger partial charge on any atom is 0.262 e. The van der Waals surface area contributed by atoms with E-state index in [0.717, 1.165) is 0 Å². The van der Waals surface area contributed by atoms with E-state index >= 15 is 0 Å². The van der Waals surface area contributed by atoms with Crippen LogP contribution in [0.1, 0.15) is 27.2 Å². The molecule has 1 amide bonds. The topological polar surface area (TPSA) is 60.5 Å². The van der Waals surface area contributed by atoms with Gasteiger partial charge in [-0.05, 0) is 20.3 Å². The number of nitrogens with one attached hydrogen (secondary N) is 1. The van der Waals surface area contributed by atoms with Gasteiger partial charge in [-0.15, -0.1) is 0 Å². The number of hydrogen-bond acceptors (Lipinski definition) is 4. The summed E-state index contributed by atoms with van der Waals surface area (Å²) in [5.74, 6) is 5.88. The number of nitrogens with zero attached hydrogens (tertiary/aromatic N) is 1. The zero-order valence-corrected chi connectivity index (χ0v) is 15.1. The predicted molar refractivity (Wildman–Crippen MR) is 90.8 cm³/mol. The minimum atomic E-state index is -0.692. The minimum absolute atomic E-state index is 0.186. The maximum atomic E-state index is 12.4. The number of rotatable bonds is 6. The van der Waals surface area contributed by atoms with Crippen LogP contribution in [0, 0.1) is 11.8 Å². The maximum absolute atomic E-state index is 12.4. The van der Waals surface area contributed by atoms with Crippen molar-refractivity contribution in [2.45, 2.75) is 38.8 Å². The summed E-state index contributed by atoms with van der Waals surface area (Å²) in [6, 6.07) is 1.52. The molecule has 1 unspecified atom stereocenters. The Kier molecular flexibility index (Phi) is 7.63. The van der Waals surface area contributed by atoms with E-state index in [4.69, 9.17) is 32.7 Å². The molecule has 1 heterocycles. The van der Waals surface area contributed by atoms with Gasteiger partial charge >= 0.3 is 0 Å². The molecule has 0 fully saturated rings. The standard InChI is InChI=1S/C16H20Cl2N2O3/c1-5-13(23-11-9-12(17)14(18)19-10-11)15(21)20-16(2,3)7-6-8-22-4/h9-10,13H,5,8H2,1-4H3,(H,20,21). The molecule has 0 aromatic carbocycles. The van der Waals surface area contributed by atoms with Crippen LogP contribution >= 0.6 is 23.2 Å². The van der Waals surface area contributed by atoms with Crippen LogP contribution in [-0.2, 0) is 9.53 Å². The molecule has 0 saturated carbocycles. The SMILES string of the molecule is CCC(Oc1cnc(Cl)c(Cl)c1)C(=O)NC(C)(C)C#CCOC. The lowest BCUT2D eigenvalue weighted by molar-refractivity contribution is -0.129. The molecular formula is C16H20Cl2N2O3. The number of carbonyl (C=O) groups is 1. The fraction of sp³-hybridized carbons (Fsp3) is 0.500. The minimum Gasteiger partial charge on any atom is -0.479 e. The van der Waals surface area contributed by atoms with Crippen molar-refractivity contribution in [3.63, 3.8) is 0 Å². The summed E-state index contributed by atoms with van der Waals surface area (Å²) in [4.78, 5) is 16.3. The van der Waals surface area contributed by atoms with Gasteiger partial charge in [0.25, 0.3) is 5.91 Å². The Morgan fingerprint density at radius 1 is 1.48 bits per heavy atom. The zero-order chi connectivity index (χ0) is 17.5. The van der Waals surface area contributed by atoms with Crippen LogP contribution < -0.4 is 10.1 Å².